The lowest BCUT2D eigenvalue weighted by molar-refractivity contribution is 0.00210. The lowest BCUT2D eigenvalue weighted by Crippen LogP contribution is -2.54. The zero-order valence-electron chi connectivity index (χ0n) is 26.3. The van der Waals surface area contributed by atoms with Crippen molar-refractivity contribution in [2.75, 3.05) is 49.1 Å². The van der Waals surface area contributed by atoms with Crippen molar-refractivity contribution in [1.82, 2.24) is 20.2 Å². The van der Waals surface area contributed by atoms with Crippen LogP contribution in [-0.4, -0.2) is 83.2 Å². The Morgan fingerprint density at radius 2 is 1.77 bits per heavy atom. The highest BCUT2D eigenvalue weighted by Gasteiger charge is 2.41. The third kappa shape index (κ3) is 6.79. The zero-order valence-corrected chi connectivity index (χ0v) is 26.3. The minimum Gasteiger partial charge on any atom is -0.489 e. The van der Waals surface area contributed by atoms with Crippen molar-refractivity contribution >= 4 is 23.3 Å². The number of rotatable bonds is 12. The van der Waals surface area contributed by atoms with E-state index in [4.69, 9.17) is 29.8 Å². The Hall–Kier alpha value is -4.94. The minimum atomic E-state index is -0.0109. The summed E-state index contributed by atoms with van der Waals surface area (Å²) < 4.78 is 23.2. The molecule has 2 saturated heterocycles. The van der Waals surface area contributed by atoms with Crippen LogP contribution in [0.3, 0.4) is 0 Å². The summed E-state index contributed by atoms with van der Waals surface area (Å²) in [5, 5.41) is 17.7. The second kappa shape index (κ2) is 13.8. The maximum absolute atomic E-state index is 8.93. The largest absolute Gasteiger partial charge is 0.489 e. The Labute approximate surface area is 273 Å². The molecule has 3 N–H and O–H groups in total. The van der Waals surface area contributed by atoms with E-state index in [0.29, 0.717) is 35.2 Å². The molecule has 5 heterocycles. The number of pyridine rings is 2. The number of nitrogen functional groups attached to an aromatic ring is 1. The normalized spacial score (nSPS) is 21.9. The Morgan fingerprint density at radius 1 is 0.957 bits per heavy atom. The summed E-state index contributed by atoms with van der Waals surface area (Å²) in [6.07, 6.45) is 10.9. The number of hydrogen-bond donors (Lipinski definition) is 2. The topological polar surface area (TPSA) is 141 Å². The number of nitrogens with two attached hydrogens (primary N) is 1. The Balaban J connectivity index is 0.978. The highest BCUT2D eigenvalue weighted by molar-refractivity contribution is 5.75. The van der Waals surface area contributed by atoms with Crippen LogP contribution >= 0.6 is 0 Å². The monoisotopic (exact) mass is 637 g/mol. The standard InChI is InChI=1S/C35H39N7O5/c1-44-22-45-33-7-3-2-6-30(33)31-18-32(35(36)40-39-31)41-20-25-9-10-26(21-41)42(25)24-12-13-37-34(15-24)47-29-16-28(17-29)46-27-11-8-23(38-19-27)5-4-14-43/h2-8,11-13,15,18-19,25-26,28-29,43H,9-10,14,16-17,20-22H2,1H3,(H2,36,40)/b5-4+/t25-,26?,28?,29?/m1/s1. The smallest absolute Gasteiger partial charge is 0.215 e. The van der Waals surface area contributed by atoms with Gasteiger partial charge in [-0.25, -0.2) is 4.98 Å². The molecule has 1 saturated carbocycles. The van der Waals surface area contributed by atoms with Crippen LogP contribution < -0.4 is 29.7 Å². The van der Waals surface area contributed by atoms with E-state index in [2.05, 4.69) is 42.1 Å². The second-order valence-electron chi connectivity index (χ2n) is 12.1. The van der Waals surface area contributed by atoms with E-state index in [1.165, 1.54) is 0 Å². The first-order valence-electron chi connectivity index (χ1n) is 16.0. The molecule has 1 aliphatic carbocycles. The summed E-state index contributed by atoms with van der Waals surface area (Å²) in [7, 11) is 1.60. The van der Waals surface area contributed by atoms with E-state index < -0.39 is 0 Å². The van der Waals surface area contributed by atoms with Gasteiger partial charge in [0.15, 0.2) is 12.6 Å². The molecule has 0 radical (unpaired) electrons. The highest BCUT2D eigenvalue weighted by atomic mass is 16.7. The van der Waals surface area contributed by atoms with Gasteiger partial charge in [0.05, 0.1) is 29.9 Å². The number of anilines is 3. The first-order valence-corrected chi connectivity index (χ1v) is 16.0. The van der Waals surface area contributed by atoms with E-state index in [1.807, 2.05) is 48.7 Å². The number of fused-ring (bicyclic) bond motifs is 2. The van der Waals surface area contributed by atoms with E-state index in [0.717, 1.165) is 67.2 Å². The van der Waals surface area contributed by atoms with Gasteiger partial charge < -0.3 is 39.6 Å². The number of aliphatic hydroxyl groups is 1. The molecule has 3 fully saturated rings. The molecule has 12 heteroatoms. The number of benzene rings is 1. The van der Waals surface area contributed by atoms with Crippen LogP contribution in [0.5, 0.6) is 17.4 Å². The Morgan fingerprint density at radius 3 is 2.53 bits per heavy atom. The van der Waals surface area contributed by atoms with E-state index in [1.54, 1.807) is 25.5 Å². The van der Waals surface area contributed by atoms with Gasteiger partial charge in [0, 0.05) is 68.6 Å². The van der Waals surface area contributed by atoms with Crippen LogP contribution in [0.1, 0.15) is 31.4 Å². The number of piperazine rings is 1. The summed E-state index contributed by atoms with van der Waals surface area (Å²) in [5.74, 6) is 2.46. The predicted octanol–water partition coefficient (Wildman–Crippen LogP) is 4.35. The van der Waals surface area contributed by atoms with Gasteiger partial charge in [0.1, 0.15) is 23.7 Å². The first-order chi connectivity index (χ1) is 23.1. The van der Waals surface area contributed by atoms with Crippen LogP contribution in [0.2, 0.25) is 0 Å². The molecule has 2 atom stereocenters. The summed E-state index contributed by atoms with van der Waals surface area (Å²) >= 11 is 0. The predicted molar refractivity (Wildman–Crippen MR) is 179 cm³/mol. The molecule has 47 heavy (non-hydrogen) atoms. The Kier molecular flexibility index (Phi) is 9.02. The molecular formula is C35H39N7O5. The Bertz CT molecular complexity index is 1680. The lowest BCUT2D eigenvalue weighted by atomic mass is 9.92. The molecule has 2 bridgehead atoms. The summed E-state index contributed by atoms with van der Waals surface area (Å²) in [6, 6.07) is 18.3. The number of methoxy groups -OCH3 is 1. The van der Waals surface area contributed by atoms with Crippen LogP contribution in [0.15, 0.2) is 73.1 Å². The number of hydrogen-bond acceptors (Lipinski definition) is 12. The summed E-state index contributed by atoms with van der Waals surface area (Å²) in [4.78, 5) is 13.7. The van der Waals surface area contributed by atoms with Gasteiger partial charge in [-0.1, -0.05) is 18.2 Å². The van der Waals surface area contributed by atoms with Crippen molar-refractivity contribution in [3.8, 4) is 28.6 Å². The van der Waals surface area contributed by atoms with Gasteiger partial charge >= 0.3 is 0 Å². The SMILES string of the molecule is COCOc1ccccc1-c1cc(N2CC3CC[C@H](C2)N3c2ccnc(OC3CC(Oc4ccc(/C=C/CO)nc4)C3)c2)c(N)nn1. The van der Waals surface area contributed by atoms with Crippen molar-refractivity contribution < 1.29 is 24.1 Å². The third-order valence-corrected chi connectivity index (χ3v) is 8.93. The maximum atomic E-state index is 8.93. The van der Waals surface area contributed by atoms with E-state index in [9.17, 15) is 0 Å². The van der Waals surface area contributed by atoms with E-state index in [-0.39, 0.29) is 25.6 Å². The lowest BCUT2D eigenvalue weighted by Gasteiger charge is -2.43. The van der Waals surface area contributed by atoms with Gasteiger partial charge in [-0.05, 0) is 55.3 Å². The second-order valence-corrected chi connectivity index (χ2v) is 12.1. The molecule has 1 aromatic carbocycles. The molecule has 0 amide bonds. The van der Waals surface area contributed by atoms with Gasteiger partial charge in [-0.15, -0.1) is 10.2 Å². The average Bonchev–Trinajstić information content (AvgIpc) is 3.35. The van der Waals surface area contributed by atoms with Gasteiger partial charge in [0.25, 0.3) is 0 Å². The average molecular weight is 638 g/mol. The fourth-order valence-corrected chi connectivity index (χ4v) is 6.65. The minimum absolute atomic E-state index is 0.0109. The van der Waals surface area contributed by atoms with Crippen molar-refractivity contribution in [2.45, 2.75) is 50.0 Å². The van der Waals surface area contributed by atoms with Crippen LogP contribution in [0.4, 0.5) is 17.2 Å². The maximum Gasteiger partial charge on any atom is 0.215 e. The van der Waals surface area contributed by atoms with Crippen LogP contribution in [0, 0.1) is 0 Å². The quantitative estimate of drug-likeness (QED) is 0.213. The third-order valence-electron chi connectivity index (χ3n) is 8.93. The molecule has 3 aromatic heterocycles. The molecule has 0 spiro atoms. The molecule has 3 aliphatic rings. The number of nitrogens with zero attached hydrogens (tertiary/aromatic N) is 6. The first kappa shape index (κ1) is 30.7. The molecule has 12 nitrogen and oxygen atoms in total. The number of para-hydroxylation sites is 1. The van der Waals surface area contributed by atoms with Gasteiger partial charge in [-0.3, -0.25) is 4.98 Å². The molecular weight excluding hydrogens is 598 g/mol. The van der Waals surface area contributed by atoms with Crippen molar-refractivity contribution in [3.05, 3.63) is 78.8 Å². The fraction of sp³-hybridized carbons (Fsp3) is 0.371. The van der Waals surface area contributed by atoms with Gasteiger partial charge in [-0.2, -0.15) is 0 Å². The molecule has 244 valence electrons. The summed E-state index contributed by atoms with van der Waals surface area (Å²) in [5.41, 5.74) is 10.7. The number of aromatic nitrogens is 4. The molecule has 7 rings (SSSR count). The molecule has 2 aliphatic heterocycles. The van der Waals surface area contributed by atoms with Crippen molar-refractivity contribution in [3.63, 3.8) is 0 Å². The van der Waals surface area contributed by atoms with Crippen LogP contribution in [0.25, 0.3) is 17.3 Å². The van der Waals surface area contributed by atoms with Gasteiger partial charge in [0.2, 0.25) is 5.88 Å². The highest BCUT2D eigenvalue weighted by Crippen LogP contribution is 2.40. The van der Waals surface area contributed by atoms with Crippen LogP contribution in [-0.2, 0) is 4.74 Å². The molecule has 4 aromatic rings. The zero-order chi connectivity index (χ0) is 32.2. The number of aliphatic hydroxyl groups excluding tert-OH is 1. The van der Waals surface area contributed by atoms with E-state index >= 15 is 0 Å². The van der Waals surface area contributed by atoms with Crippen molar-refractivity contribution in [2.24, 2.45) is 0 Å². The fourth-order valence-electron chi connectivity index (χ4n) is 6.65. The van der Waals surface area contributed by atoms with Crippen molar-refractivity contribution in [1.29, 1.82) is 0 Å². The molecule has 1 unspecified atom stereocenters. The summed E-state index contributed by atoms with van der Waals surface area (Å²) in [6.45, 7) is 1.78. The number of ether oxygens (including phenoxy) is 4.